The van der Waals surface area contributed by atoms with Gasteiger partial charge < -0.3 is 20.1 Å². The summed E-state index contributed by atoms with van der Waals surface area (Å²) in [5, 5.41) is 5.97. The average Bonchev–Trinajstić information content (AvgIpc) is 3.00. The maximum atomic E-state index is 11.9. The van der Waals surface area contributed by atoms with Crippen LogP contribution in [0.25, 0.3) is 0 Å². The van der Waals surface area contributed by atoms with Crippen molar-refractivity contribution < 1.29 is 14.3 Å². The van der Waals surface area contributed by atoms with Crippen LogP contribution in [0.4, 0.5) is 5.82 Å². The molecule has 0 unspecified atom stereocenters. The summed E-state index contributed by atoms with van der Waals surface area (Å²) in [6.07, 6.45) is 1.37. The molecular formula is C16H18N4O3. The monoisotopic (exact) mass is 314 g/mol. The lowest BCUT2D eigenvalue weighted by molar-refractivity contribution is 0.0938. The Balaban J connectivity index is 1.65. The number of fused-ring (bicyclic) bond motifs is 1. The van der Waals surface area contributed by atoms with E-state index in [0.29, 0.717) is 18.1 Å². The fraction of sp³-hybridized carbons (Fsp3) is 0.312. The van der Waals surface area contributed by atoms with Crippen molar-refractivity contribution in [2.75, 3.05) is 12.1 Å². The lowest BCUT2D eigenvalue weighted by Crippen LogP contribution is -2.30. The zero-order valence-electron chi connectivity index (χ0n) is 13.0. The standard InChI is InChI=1S/C16H18N4O3/c1-10(2)20-16(21)12-6-15(19-8-18-12)17-7-11-3-4-13-14(5-11)23-9-22-13/h3-6,8,10H,7,9H2,1-2H3,(H,20,21)(H,17,18,19). The van der Waals surface area contributed by atoms with Crippen LogP contribution in [0.15, 0.2) is 30.6 Å². The van der Waals surface area contributed by atoms with E-state index in [2.05, 4.69) is 20.6 Å². The molecule has 2 heterocycles. The number of aromatic nitrogens is 2. The number of hydrogen-bond donors (Lipinski definition) is 2. The van der Waals surface area contributed by atoms with Crippen LogP contribution in [0.3, 0.4) is 0 Å². The number of carbonyl (C=O) groups is 1. The number of carbonyl (C=O) groups excluding carboxylic acids is 1. The van der Waals surface area contributed by atoms with E-state index >= 15 is 0 Å². The molecule has 1 aliphatic heterocycles. The van der Waals surface area contributed by atoms with Gasteiger partial charge in [-0.3, -0.25) is 4.79 Å². The van der Waals surface area contributed by atoms with E-state index in [1.54, 1.807) is 6.07 Å². The maximum absolute atomic E-state index is 11.9. The molecular weight excluding hydrogens is 296 g/mol. The molecule has 1 aromatic heterocycles. The van der Waals surface area contributed by atoms with Gasteiger partial charge in [0, 0.05) is 18.7 Å². The number of nitrogens with zero attached hydrogens (tertiary/aromatic N) is 2. The smallest absolute Gasteiger partial charge is 0.270 e. The van der Waals surface area contributed by atoms with E-state index in [9.17, 15) is 4.79 Å². The molecule has 0 radical (unpaired) electrons. The maximum Gasteiger partial charge on any atom is 0.270 e. The molecule has 1 aromatic carbocycles. The molecule has 0 atom stereocenters. The third-order valence-corrected chi connectivity index (χ3v) is 3.23. The molecule has 2 aromatic rings. The number of ether oxygens (including phenoxy) is 2. The van der Waals surface area contributed by atoms with E-state index in [1.165, 1.54) is 6.33 Å². The highest BCUT2D eigenvalue weighted by Gasteiger charge is 2.13. The largest absolute Gasteiger partial charge is 0.454 e. The number of anilines is 1. The topological polar surface area (TPSA) is 85.4 Å². The van der Waals surface area contributed by atoms with Crippen LogP contribution < -0.4 is 20.1 Å². The molecule has 3 rings (SSSR count). The normalized spacial score (nSPS) is 12.3. The molecule has 0 saturated carbocycles. The van der Waals surface area contributed by atoms with Crippen LogP contribution in [0, 0.1) is 0 Å². The SMILES string of the molecule is CC(C)NC(=O)c1cc(NCc2ccc3c(c2)OCO3)ncn1. The fourth-order valence-electron chi connectivity index (χ4n) is 2.16. The molecule has 7 heteroatoms. The van der Waals surface area contributed by atoms with Gasteiger partial charge in [0.25, 0.3) is 5.91 Å². The van der Waals surface area contributed by atoms with Crippen molar-refractivity contribution in [2.24, 2.45) is 0 Å². The second kappa shape index (κ2) is 6.51. The zero-order chi connectivity index (χ0) is 16.2. The van der Waals surface area contributed by atoms with Crippen molar-refractivity contribution >= 4 is 11.7 Å². The summed E-state index contributed by atoms with van der Waals surface area (Å²) in [7, 11) is 0. The zero-order valence-corrected chi connectivity index (χ0v) is 13.0. The number of benzene rings is 1. The van der Waals surface area contributed by atoms with Crippen molar-refractivity contribution in [3.05, 3.63) is 41.9 Å². The summed E-state index contributed by atoms with van der Waals surface area (Å²) < 4.78 is 10.6. The molecule has 1 aliphatic rings. The molecule has 120 valence electrons. The molecule has 0 aliphatic carbocycles. The van der Waals surface area contributed by atoms with Gasteiger partial charge in [-0.15, -0.1) is 0 Å². The average molecular weight is 314 g/mol. The van der Waals surface area contributed by atoms with Crippen LogP contribution in [0.1, 0.15) is 29.9 Å². The second-order valence-electron chi connectivity index (χ2n) is 5.46. The number of amides is 1. The molecule has 0 fully saturated rings. The molecule has 0 saturated heterocycles. The molecule has 23 heavy (non-hydrogen) atoms. The van der Waals surface area contributed by atoms with Crippen LogP contribution >= 0.6 is 0 Å². The summed E-state index contributed by atoms with van der Waals surface area (Å²) in [6, 6.07) is 7.44. The summed E-state index contributed by atoms with van der Waals surface area (Å²) in [6.45, 7) is 4.61. The Bertz CT molecular complexity index is 718. The summed E-state index contributed by atoms with van der Waals surface area (Å²) in [4.78, 5) is 20.1. The summed E-state index contributed by atoms with van der Waals surface area (Å²) in [5.41, 5.74) is 1.36. The van der Waals surface area contributed by atoms with Gasteiger partial charge in [-0.05, 0) is 31.5 Å². The highest BCUT2D eigenvalue weighted by atomic mass is 16.7. The number of nitrogens with one attached hydrogen (secondary N) is 2. The first-order valence-electron chi connectivity index (χ1n) is 7.37. The minimum atomic E-state index is -0.214. The first-order valence-corrected chi connectivity index (χ1v) is 7.37. The first kappa shape index (κ1) is 15.1. The Morgan fingerprint density at radius 1 is 1.22 bits per heavy atom. The van der Waals surface area contributed by atoms with Crippen molar-refractivity contribution in [2.45, 2.75) is 26.4 Å². The number of rotatable bonds is 5. The molecule has 1 amide bonds. The van der Waals surface area contributed by atoms with Crippen molar-refractivity contribution in [3.63, 3.8) is 0 Å². The van der Waals surface area contributed by atoms with Crippen molar-refractivity contribution in [1.29, 1.82) is 0 Å². The van der Waals surface area contributed by atoms with Gasteiger partial charge in [0.05, 0.1) is 0 Å². The van der Waals surface area contributed by atoms with Gasteiger partial charge in [0.2, 0.25) is 6.79 Å². The summed E-state index contributed by atoms with van der Waals surface area (Å²) >= 11 is 0. The second-order valence-corrected chi connectivity index (χ2v) is 5.46. The third-order valence-electron chi connectivity index (χ3n) is 3.23. The van der Waals surface area contributed by atoms with Crippen LogP contribution in [-0.4, -0.2) is 28.7 Å². The first-order chi connectivity index (χ1) is 11.1. The molecule has 2 N–H and O–H groups in total. The Kier molecular flexibility index (Phi) is 4.27. The van der Waals surface area contributed by atoms with Crippen LogP contribution in [0.2, 0.25) is 0 Å². The van der Waals surface area contributed by atoms with Crippen molar-refractivity contribution in [1.82, 2.24) is 15.3 Å². The Morgan fingerprint density at radius 2 is 2.04 bits per heavy atom. The molecule has 0 bridgehead atoms. The van der Waals surface area contributed by atoms with Crippen LogP contribution in [-0.2, 0) is 6.54 Å². The van der Waals surface area contributed by atoms with Gasteiger partial charge in [0.15, 0.2) is 11.5 Å². The van der Waals surface area contributed by atoms with Gasteiger partial charge in [-0.1, -0.05) is 6.07 Å². The molecule has 0 spiro atoms. The van der Waals surface area contributed by atoms with Gasteiger partial charge >= 0.3 is 0 Å². The van der Waals surface area contributed by atoms with E-state index < -0.39 is 0 Å². The van der Waals surface area contributed by atoms with Gasteiger partial charge in [0.1, 0.15) is 17.8 Å². The van der Waals surface area contributed by atoms with Gasteiger partial charge in [-0.2, -0.15) is 0 Å². The van der Waals surface area contributed by atoms with E-state index in [-0.39, 0.29) is 18.7 Å². The highest BCUT2D eigenvalue weighted by Crippen LogP contribution is 2.32. The predicted octanol–water partition coefficient (Wildman–Crippen LogP) is 1.96. The highest BCUT2D eigenvalue weighted by molar-refractivity contribution is 5.92. The van der Waals surface area contributed by atoms with Crippen molar-refractivity contribution in [3.8, 4) is 11.5 Å². The minimum absolute atomic E-state index is 0.0579. The molecule has 7 nitrogen and oxygen atoms in total. The minimum Gasteiger partial charge on any atom is -0.454 e. The Morgan fingerprint density at radius 3 is 2.87 bits per heavy atom. The summed E-state index contributed by atoms with van der Waals surface area (Å²) in [5.74, 6) is 1.87. The fourth-order valence-corrected chi connectivity index (χ4v) is 2.16. The lowest BCUT2D eigenvalue weighted by Gasteiger charge is -2.09. The van der Waals surface area contributed by atoms with Crippen LogP contribution in [0.5, 0.6) is 11.5 Å². The van der Waals surface area contributed by atoms with E-state index in [0.717, 1.165) is 17.1 Å². The Hall–Kier alpha value is -2.83. The number of hydrogen-bond acceptors (Lipinski definition) is 6. The predicted molar refractivity (Wildman–Crippen MR) is 84.5 cm³/mol. The van der Waals surface area contributed by atoms with Gasteiger partial charge in [-0.25, -0.2) is 9.97 Å². The third kappa shape index (κ3) is 3.68. The lowest BCUT2D eigenvalue weighted by atomic mass is 10.2. The van der Waals surface area contributed by atoms with E-state index in [1.807, 2.05) is 32.0 Å². The quantitative estimate of drug-likeness (QED) is 0.877. The van der Waals surface area contributed by atoms with E-state index in [4.69, 9.17) is 9.47 Å². The Labute approximate surface area is 134 Å².